The summed E-state index contributed by atoms with van der Waals surface area (Å²) in [6.45, 7) is 3.89. The molecule has 1 aromatic carbocycles. The molecule has 0 radical (unpaired) electrons. The summed E-state index contributed by atoms with van der Waals surface area (Å²) in [5.41, 5.74) is -0.536. The van der Waals surface area contributed by atoms with Crippen molar-refractivity contribution in [3.63, 3.8) is 0 Å². The number of amides is 1. The zero-order valence-corrected chi connectivity index (χ0v) is 13.8. The summed E-state index contributed by atoms with van der Waals surface area (Å²) in [5, 5.41) is 11.5. The van der Waals surface area contributed by atoms with Gasteiger partial charge in [-0.15, -0.1) is 0 Å². The Labute approximate surface area is 132 Å². The normalized spacial score (nSPS) is 11.0. The minimum atomic E-state index is -0.865. The highest BCUT2D eigenvalue weighted by molar-refractivity contribution is 9.10. The van der Waals surface area contributed by atoms with Crippen LogP contribution in [0.2, 0.25) is 0 Å². The monoisotopic (exact) mass is 357 g/mol. The van der Waals surface area contributed by atoms with E-state index in [9.17, 15) is 9.59 Å². The number of rotatable bonds is 8. The van der Waals surface area contributed by atoms with Gasteiger partial charge in [0, 0.05) is 16.4 Å². The second kappa shape index (κ2) is 8.02. The lowest BCUT2D eigenvalue weighted by Gasteiger charge is -2.25. The Morgan fingerprint density at radius 3 is 2.67 bits per heavy atom. The van der Waals surface area contributed by atoms with Crippen LogP contribution in [0.4, 0.5) is 0 Å². The Morgan fingerprint density at radius 1 is 1.33 bits per heavy atom. The largest absolute Gasteiger partial charge is 0.493 e. The van der Waals surface area contributed by atoms with Gasteiger partial charge in [-0.05, 0) is 38.5 Å². The van der Waals surface area contributed by atoms with Crippen molar-refractivity contribution >= 4 is 27.8 Å². The highest BCUT2D eigenvalue weighted by Gasteiger charge is 2.21. The smallest absolute Gasteiger partial charge is 0.303 e. The molecule has 1 aromatic rings. The van der Waals surface area contributed by atoms with Crippen molar-refractivity contribution < 1.29 is 19.4 Å². The maximum Gasteiger partial charge on any atom is 0.303 e. The number of benzene rings is 1. The van der Waals surface area contributed by atoms with E-state index < -0.39 is 11.5 Å². The Bertz CT molecular complexity index is 502. The van der Waals surface area contributed by atoms with Crippen molar-refractivity contribution in [2.45, 2.75) is 38.6 Å². The molecule has 116 valence electrons. The van der Waals surface area contributed by atoms with Crippen LogP contribution in [0.5, 0.6) is 5.75 Å². The Hall–Kier alpha value is -1.56. The number of hydrogen-bond donors (Lipinski definition) is 2. The minimum absolute atomic E-state index is 0.0296. The molecule has 6 heteroatoms. The van der Waals surface area contributed by atoms with Crippen LogP contribution in [-0.4, -0.2) is 29.1 Å². The van der Waals surface area contributed by atoms with Crippen LogP contribution in [0.15, 0.2) is 28.7 Å². The summed E-state index contributed by atoms with van der Waals surface area (Å²) in [6, 6.07) is 7.40. The molecule has 1 rings (SSSR count). The lowest BCUT2D eigenvalue weighted by atomic mass is 9.98. The second-order valence-electron chi connectivity index (χ2n) is 5.38. The van der Waals surface area contributed by atoms with Gasteiger partial charge in [0.25, 0.3) is 0 Å². The molecule has 0 unspecified atom stereocenters. The van der Waals surface area contributed by atoms with Gasteiger partial charge >= 0.3 is 5.97 Å². The van der Waals surface area contributed by atoms with Gasteiger partial charge < -0.3 is 15.2 Å². The molecule has 2 N–H and O–H groups in total. The van der Waals surface area contributed by atoms with Crippen LogP contribution < -0.4 is 10.1 Å². The maximum atomic E-state index is 11.8. The molecule has 0 heterocycles. The van der Waals surface area contributed by atoms with Gasteiger partial charge in [-0.1, -0.05) is 22.0 Å². The minimum Gasteiger partial charge on any atom is -0.493 e. The molecule has 5 nitrogen and oxygen atoms in total. The van der Waals surface area contributed by atoms with E-state index in [-0.39, 0.29) is 25.4 Å². The summed E-state index contributed by atoms with van der Waals surface area (Å²) in [5.74, 6) is -0.321. The SMILES string of the molecule is CC(C)(CCC(=O)O)NC(=O)CCOc1cccc(Br)c1. The van der Waals surface area contributed by atoms with E-state index in [1.165, 1.54) is 0 Å². The lowest BCUT2D eigenvalue weighted by Crippen LogP contribution is -2.44. The predicted octanol–water partition coefficient (Wildman–Crippen LogP) is 2.98. The molecule has 0 spiro atoms. The number of carboxylic acid groups (broad SMARTS) is 1. The van der Waals surface area contributed by atoms with Crippen LogP contribution in [-0.2, 0) is 9.59 Å². The first-order valence-electron chi connectivity index (χ1n) is 6.70. The molecular weight excluding hydrogens is 338 g/mol. The molecule has 0 aliphatic rings. The fourth-order valence-corrected chi connectivity index (χ4v) is 2.12. The van der Waals surface area contributed by atoms with Crippen molar-refractivity contribution in [3.05, 3.63) is 28.7 Å². The van der Waals surface area contributed by atoms with E-state index in [0.717, 1.165) is 4.47 Å². The topological polar surface area (TPSA) is 75.6 Å². The molecule has 0 aliphatic carbocycles. The third-order valence-corrected chi connectivity index (χ3v) is 3.33. The van der Waals surface area contributed by atoms with E-state index in [4.69, 9.17) is 9.84 Å². The first-order chi connectivity index (χ1) is 9.78. The Morgan fingerprint density at radius 2 is 2.05 bits per heavy atom. The van der Waals surface area contributed by atoms with Crippen molar-refractivity contribution in [2.24, 2.45) is 0 Å². The highest BCUT2D eigenvalue weighted by atomic mass is 79.9. The average molecular weight is 358 g/mol. The molecule has 21 heavy (non-hydrogen) atoms. The quantitative estimate of drug-likeness (QED) is 0.749. The van der Waals surface area contributed by atoms with Gasteiger partial charge in [0.15, 0.2) is 0 Å². The summed E-state index contributed by atoms with van der Waals surface area (Å²) < 4.78 is 6.40. The zero-order chi connectivity index (χ0) is 15.9. The van der Waals surface area contributed by atoms with Crippen molar-refractivity contribution in [1.29, 1.82) is 0 Å². The zero-order valence-electron chi connectivity index (χ0n) is 12.2. The summed E-state index contributed by atoms with van der Waals surface area (Å²) in [6.07, 6.45) is 0.644. The van der Waals surface area contributed by atoms with Crippen LogP contribution >= 0.6 is 15.9 Å². The van der Waals surface area contributed by atoms with E-state index in [1.54, 1.807) is 0 Å². The van der Waals surface area contributed by atoms with Gasteiger partial charge in [0.05, 0.1) is 13.0 Å². The highest BCUT2D eigenvalue weighted by Crippen LogP contribution is 2.18. The molecule has 0 saturated heterocycles. The van der Waals surface area contributed by atoms with Gasteiger partial charge in [-0.3, -0.25) is 9.59 Å². The van der Waals surface area contributed by atoms with Crippen LogP contribution in [0.3, 0.4) is 0 Å². The predicted molar refractivity (Wildman–Crippen MR) is 83.3 cm³/mol. The molecule has 0 aromatic heterocycles. The molecule has 0 atom stereocenters. The van der Waals surface area contributed by atoms with Gasteiger partial charge in [-0.25, -0.2) is 0 Å². The molecule has 0 saturated carbocycles. The summed E-state index contributed by atoms with van der Waals surface area (Å²) >= 11 is 3.34. The molecule has 0 aliphatic heterocycles. The number of nitrogens with one attached hydrogen (secondary N) is 1. The summed E-state index contributed by atoms with van der Waals surface area (Å²) in [7, 11) is 0. The van der Waals surface area contributed by atoms with Gasteiger partial charge in [0.1, 0.15) is 5.75 Å². The lowest BCUT2D eigenvalue weighted by molar-refractivity contribution is -0.137. The number of aliphatic carboxylic acids is 1. The molecule has 1 amide bonds. The van der Waals surface area contributed by atoms with Crippen molar-refractivity contribution in [2.75, 3.05) is 6.61 Å². The van der Waals surface area contributed by atoms with Gasteiger partial charge in [-0.2, -0.15) is 0 Å². The molecule has 0 fully saturated rings. The maximum absolute atomic E-state index is 11.8. The fraction of sp³-hybridized carbons (Fsp3) is 0.467. The number of halogens is 1. The van der Waals surface area contributed by atoms with Crippen LogP contribution in [0.25, 0.3) is 0 Å². The number of carboxylic acids is 1. The number of ether oxygens (including phenoxy) is 1. The van der Waals surface area contributed by atoms with E-state index in [1.807, 2.05) is 38.1 Å². The number of hydrogen-bond acceptors (Lipinski definition) is 3. The fourth-order valence-electron chi connectivity index (χ4n) is 1.74. The molecular formula is C15H20BrNO4. The third-order valence-electron chi connectivity index (χ3n) is 2.84. The number of carbonyl (C=O) groups excluding carboxylic acids is 1. The van der Waals surface area contributed by atoms with Crippen molar-refractivity contribution in [1.82, 2.24) is 5.32 Å². The molecule has 0 bridgehead atoms. The third kappa shape index (κ3) is 7.70. The Balaban J connectivity index is 2.32. The van der Waals surface area contributed by atoms with Crippen LogP contribution in [0, 0.1) is 0 Å². The van der Waals surface area contributed by atoms with Gasteiger partial charge in [0.2, 0.25) is 5.91 Å². The van der Waals surface area contributed by atoms with E-state index >= 15 is 0 Å². The van der Waals surface area contributed by atoms with E-state index in [0.29, 0.717) is 12.2 Å². The van der Waals surface area contributed by atoms with Crippen molar-refractivity contribution in [3.8, 4) is 5.75 Å². The van der Waals surface area contributed by atoms with Crippen LogP contribution in [0.1, 0.15) is 33.1 Å². The standard InChI is InChI=1S/C15H20BrNO4/c1-15(2,8-6-14(19)20)17-13(18)7-9-21-12-5-3-4-11(16)10-12/h3-5,10H,6-9H2,1-2H3,(H,17,18)(H,19,20). The first kappa shape index (κ1) is 17.5. The van der Waals surface area contributed by atoms with E-state index in [2.05, 4.69) is 21.2 Å². The second-order valence-corrected chi connectivity index (χ2v) is 6.30. The first-order valence-corrected chi connectivity index (χ1v) is 7.49. The summed E-state index contributed by atoms with van der Waals surface area (Å²) in [4.78, 5) is 22.4. The Kier molecular flexibility index (Phi) is 6.68. The average Bonchev–Trinajstić information content (AvgIpc) is 2.36. The number of carbonyl (C=O) groups is 2.